The topological polar surface area (TPSA) is 57.5 Å². The Labute approximate surface area is 113 Å². The molecule has 0 saturated heterocycles. The number of fused-ring (bicyclic) bond motifs is 1. The van der Waals surface area contributed by atoms with Crippen LogP contribution in [0.4, 0.5) is 0 Å². The molecule has 3 heteroatoms. The Morgan fingerprint density at radius 1 is 1.16 bits per heavy atom. The van der Waals surface area contributed by atoms with Crippen molar-refractivity contribution in [3.63, 3.8) is 0 Å². The lowest BCUT2D eigenvalue weighted by Gasteiger charge is -2.35. The molecular formula is C16H20O3. The second kappa shape index (κ2) is 4.87. The van der Waals surface area contributed by atoms with Gasteiger partial charge in [0.15, 0.2) is 0 Å². The number of aliphatic carboxylic acids is 1. The first-order valence-electron chi connectivity index (χ1n) is 7.22. The van der Waals surface area contributed by atoms with E-state index in [-0.39, 0.29) is 11.8 Å². The molecule has 0 spiro atoms. The maximum atomic E-state index is 11.6. The highest BCUT2D eigenvalue weighted by Crippen LogP contribution is 2.48. The molecule has 2 aliphatic carbocycles. The zero-order chi connectivity index (χ0) is 13.4. The van der Waals surface area contributed by atoms with Gasteiger partial charge in [-0.3, -0.25) is 4.79 Å². The summed E-state index contributed by atoms with van der Waals surface area (Å²) in [7, 11) is 0. The minimum Gasteiger partial charge on any atom is -0.508 e. The molecule has 1 aromatic carbocycles. The predicted molar refractivity (Wildman–Crippen MR) is 72.3 cm³/mol. The van der Waals surface area contributed by atoms with E-state index in [4.69, 9.17) is 0 Å². The second-order valence-corrected chi connectivity index (χ2v) is 5.90. The fraction of sp³-hybridized carbons (Fsp3) is 0.562. The Morgan fingerprint density at radius 3 is 2.58 bits per heavy atom. The van der Waals surface area contributed by atoms with Gasteiger partial charge in [0.05, 0.1) is 5.92 Å². The Bertz CT molecular complexity index is 489. The first kappa shape index (κ1) is 12.5. The van der Waals surface area contributed by atoms with Crippen LogP contribution in [0.3, 0.4) is 0 Å². The summed E-state index contributed by atoms with van der Waals surface area (Å²) in [6, 6.07) is 5.58. The lowest BCUT2D eigenvalue weighted by molar-refractivity contribution is -0.143. The lowest BCUT2D eigenvalue weighted by atomic mass is 9.68. The number of rotatable bonds is 2. The molecule has 0 aromatic heterocycles. The van der Waals surface area contributed by atoms with Gasteiger partial charge < -0.3 is 10.2 Å². The molecule has 0 bridgehead atoms. The van der Waals surface area contributed by atoms with Crippen LogP contribution < -0.4 is 0 Å². The molecule has 0 aliphatic heterocycles. The fourth-order valence-electron chi connectivity index (χ4n) is 4.05. The predicted octanol–water partition coefficient (Wildman–Crippen LogP) is 3.31. The van der Waals surface area contributed by atoms with E-state index >= 15 is 0 Å². The molecule has 2 atom stereocenters. The number of phenolic OH excluding ortho intramolecular Hbond substituents is 1. The molecule has 2 aliphatic rings. The third-order valence-electron chi connectivity index (χ3n) is 4.91. The average Bonchev–Trinajstić information content (AvgIpc) is 2.91. The summed E-state index contributed by atoms with van der Waals surface area (Å²) in [5.74, 6) is -0.0505. The van der Waals surface area contributed by atoms with Gasteiger partial charge in [-0.1, -0.05) is 25.0 Å². The van der Waals surface area contributed by atoms with E-state index in [1.807, 2.05) is 12.1 Å². The first-order valence-corrected chi connectivity index (χ1v) is 7.22. The van der Waals surface area contributed by atoms with Crippen LogP contribution in [-0.4, -0.2) is 16.2 Å². The van der Waals surface area contributed by atoms with Crippen LogP contribution in [0.15, 0.2) is 18.2 Å². The zero-order valence-corrected chi connectivity index (χ0v) is 11.0. The van der Waals surface area contributed by atoms with Gasteiger partial charge in [0.2, 0.25) is 0 Å². The minimum atomic E-state index is -0.675. The number of carboxylic acids is 1. The van der Waals surface area contributed by atoms with Crippen molar-refractivity contribution in [2.45, 2.75) is 44.4 Å². The van der Waals surface area contributed by atoms with Crippen molar-refractivity contribution < 1.29 is 15.0 Å². The van der Waals surface area contributed by atoms with E-state index in [2.05, 4.69) is 0 Å². The van der Waals surface area contributed by atoms with E-state index in [0.29, 0.717) is 24.5 Å². The Balaban J connectivity index is 2.04. The number of phenols is 1. The standard InChI is InChI=1S/C16H20O3/c17-14-7-3-6-12-11(14)8-9-13(16(18)19)15(12)10-4-1-2-5-10/h3,6-7,10,13,15,17H,1-2,4-5,8-9H2,(H,18,19). The van der Waals surface area contributed by atoms with E-state index in [0.717, 1.165) is 24.0 Å². The highest BCUT2D eigenvalue weighted by molar-refractivity contribution is 5.72. The smallest absolute Gasteiger partial charge is 0.307 e. The minimum absolute atomic E-state index is 0.0934. The van der Waals surface area contributed by atoms with Crippen molar-refractivity contribution in [1.29, 1.82) is 0 Å². The Morgan fingerprint density at radius 2 is 1.89 bits per heavy atom. The molecule has 102 valence electrons. The maximum Gasteiger partial charge on any atom is 0.307 e. The molecule has 0 radical (unpaired) electrons. The van der Waals surface area contributed by atoms with E-state index in [1.165, 1.54) is 12.8 Å². The molecule has 0 heterocycles. The average molecular weight is 260 g/mol. The number of carboxylic acid groups (broad SMARTS) is 1. The molecule has 1 aromatic rings. The van der Waals surface area contributed by atoms with Crippen LogP contribution in [0.25, 0.3) is 0 Å². The van der Waals surface area contributed by atoms with Crippen LogP contribution in [-0.2, 0) is 11.2 Å². The third-order valence-corrected chi connectivity index (χ3v) is 4.91. The van der Waals surface area contributed by atoms with Gasteiger partial charge in [-0.25, -0.2) is 0 Å². The molecule has 2 unspecified atom stereocenters. The molecular weight excluding hydrogens is 240 g/mol. The van der Waals surface area contributed by atoms with Gasteiger partial charge in [-0.05, 0) is 48.8 Å². The molecule has 0 amide bonds. The maximum absolute atomic E-state index is 11.6. The number of hydrogen-bond acceptors (Lipinski definition) is 2. The van der Waals surface area contributed by atoms with Crippen LogP contribution in [0, 0.1) is 11.8 Å². The summed E-state index contributed by atoms with van der Waals surface area (Å²) in [5.41, 5.74) is 2.07. The number of benzene rings is 1. The highest BCUT2D eigenvalue weighted by Gasteiger charge is 2.40. The fourth-order valence-corrected chi connectivity index (χ4v) is 4.05. The molecule has 19 heavy (non-hydrogen) atoms. The molecule has 1 fully saturated rings. The molecule has 2 N–H and O–H groups in total. The van der Waals surface area contributed by atoms with Gasteiger partial charge in [-0.15, -0.1) is 0 Å². The summed E-state index contributed by atoms with van der Waals surface area (Å²) < 4.78 is 0. The van der Waals surface area contributed by atoms with Crippen LogP contribution in [0.2, 0.25) is 0 Å². The summed E-state index contributed by atoms with van der Waals surface area (Å²) in [4.78, 5) is 11.6. The normalized spacial score (nSPS) is 27.2. The highest BCUT2D eigenvalue weighted by atomic mass is 16.4. The zero-order valence-electron chi connectivity index (χ0n) is 11.0. The largest absolute Gasteiger partial charge is 0.508 e. The van der Waals surface area contributed by atoms with Crippen molar-refractivity contribution in [3.05, 3.63) is 29.3 Å². The summed E-state index contributed by atoms with van der Waals surface area (Å²) in [5, 5.41) is 19.5. The van der Waals surface area contributed by atoms with Crippen LogP contribution in [0.1, 0.15) is 49.1 Å². The third kappa shape index (κ3) is 2.11. The van der Waals surface area contributed by atoms with Crippen molar-refractivity contribution in [3.8, 4) is 5.75 Å². The molecule has 1 saturated carbocycles. The number of hydrogen-bond donors (Lipinski definition) is 2. The Kier molecular flexibility index (Phi) is 3.21. The summed E-state index contributed by atoms with van der Waals surface area (Å²) >= 11 is 0. The monoisotopic (exact) mass is 260 g/mol. The van der Waals surface area contributed by atoms with Gasteiger partial charge >= 0.3 is 5.97 Å². The van der Waals surface area contributed by atoms with Crippen molar-refractivity contribution in [1.82, 2.24) is 0 Å². The summed E-state index contributed by atoms with van der Waals surface area (Å²) in [6.07, 6.45) is 6.01. The Hall–Kier alpha value is -1.51. The van der Waals surface area contributed by atoms with Gasteiger partial charge in [0.25, 0.3) is 0 Å². The van der Waals surface area contributed by atoms with Gasteiger partial charge in [-0.2, -0.15) is 0 Å². The lowest BCUT2D eigenvalue weighted by Crippen LogP contribution is -2.31. The van der Waals surface area contributed by atoms with E-state index in [9.17, 15) is 15.0 Å². The number of aromatic hydroxyl groups is 1. The van der Waals surface area contributed by atoms with Crippen molar-refractivity contribution in [2.24, 2.45) is 11.8 Å². The SMILES string of the molecule is O=C(O)C1CCc2c(O)cccc2C1C1CCCC1. The number of carbonyl (C=O) groups is 1. The van der Waals surface area contributed by atoms with Crippen molar-refractivity contribution in [2.75, 3.05) is 0 Å². The molecule has 3 rings (SSSR count). The van der Waals surface area contributed by atoms with E-state index < -0.39 is 5.97 Å². The molecule has 3 nitrogen and oxygen atoms in total. The van der Waals surface area contributed by atoms with Gasteiger partial charge in [0.1, 0.15) is 5.75 Å². The van der Waals surface area contributed by atoms with E-state index in [1.54, 1.807) is 6.07 Å². The van der Waals surface area contributed by atoms with Crippen LogP contribution in [0.5, 0.6) is 5.75 Å². The van der Waals surface area contributed by atoms with Crippen molar-refractivity contribution >= 4 is 5.97 Å². The van der Waals surface area contributed by atoms with Crippen LogP contribution >= 0.6 is 0 Å². The quantitative estimate of drug-likeness (QED) is 0.857. The first-order chi connectivity index (χ1) is 9.18. The van der Waals surface area contributed by atoms with Gasteiger partial charge in [0, 0.05) is 5.92 Å². The summed E-state index contributed by atoms with van der Waals surface area (Å²) in [6.45, 7) is 0. The second-order valence-electron chi connectivity index (χ2n) is 5.90.